The van der Waals surface area contributed by atoms with Gasteiger partial charge in [-0.15, -0.1) is 0 Å². The maximum absolute atomic E-state index is 12.9. The first-order valence-corrected chi connectivity index (χ1v) is 5.17. The molecule has 0 amide bonds. The van der Waals surface area contributed by atoms with Gasteiger partial charge < -0.3 is 0 Å². The molecule has 0 bridgehead atoms. The molecule has 0 heterocycles. The molecule has 1 aromatic rings. The minimum Gasteiger partial charge on any atom is -0.241 e. The SMILES string of the molecule is C=C(N=C(Cl)CC)c1ccc(F)c(Cl)c1. The third-order valence-electron chi connectivity index (χ3n) is 1.80. The van der Waals surface area contributed by atoms with E-state index in [1.165, 1.54) is 12.1 Å². The van der Waals surface area contributed by atoms with Crippen LogP contribution in [0.1, 0.15) is 18.9 Å². The first-order valence-electron chi connectivity index (χ1n) is 4.42. The monoisotopic (exact) mass is 245 g/mol. The van der Waals surface area contributed by atoms with Crippen LogP contribution in [0.5, 0.6) is 0 Å². The molecule has 80 valence electrons. The molecule has 4 heteroatoms. The van der Waals surface area contributed by atoms with Gasteiger partial charge >= 0.3 is 0 Å². The van der Waals surface area contributed by atoms with E-state index in [-0.39, 0.29) is 5.02 Å². The highest BCUT2D eigenvalue weighted by atomic mass is 35.5. The zero-order valence-corrected chi connectivity index (χ0v) is 9.74. The Bertz CT molecular complexity index is 413. The zero-order chi connectivity index (χ0) is 11.4. The van der Waals surface area contributed by atoms with Gasteiger partial charge in [0, 0.05) is 5.56 Å². The van der Waals surface area contributed by atoms with Crippen LogP contribution in [0.25, 0.3) is 5.70 Å². The fourth-order valence-electron chi connectivity index (χ4n) is 0.966. The van der Waals surface area contributed by atoms with Gasteiger partial charge in [-0.05, 0) is 24.6 Å². The molecule has 0 saturated carbocycles. The number of hydrogen-bond acceptors (Lipinski definition) is 1. The van der Waals surface area contributed by atoms with Crippen LogP contribution in [0.4, 0.5) is 4.39 Å². The van der Waals surface area contributed by atoms with Crippen LogP contribution >= 0.6 is 23.2 Å². The molecule has 0 aliphatic carbocycles. The van der Waals surface area contributed by atoms with E-state index in [1.807, 2.05) is 6.92 Å². The molecule has 0 unspecified atom stereocenters. The predicted molar refractivity (Wildman–Crippen MR) is 64.0 cm³/mol. The summed E-state index contributed by atoms with van der Waals surface area (Å²) in [5.74, 6) is -0.459. The molecule has 15 heavy (non-hydrogen) atoms. The number of rotatable bonds is 3. The summed E-state index contributed by atoms with van der Waals surface area (Å²) in [6, 6.07) is 4.31. The van der Waals surface area contributed by atoms with E-state index in [0.29, 0.717) is 22.9 Å². The van der Waals surface area contributed by atoms with E-state index >= 15 is 0 Å². The summed E-state index contributed by atoms with van der Waals surface area (Å²) in [6.07, 6.45) is 0.634. The Morgan fingerprint density at radius 1 is 1.53 bits per heavy atom. The molecular weight excluding hydrogens is 236 g/mol. The van der Waals surface area contributed by atoms with Crippen molar-refractivity contribution >= 4 is 34.1 Å². The molecule has 0 fully saturated rings. The lowest BCUT2D eigenvalue weighted by atomic mass is 10.2. The van der Waals surface area contributed by atoms with Gasteiger partial charge in [-0.3, -0.25) is 0 Å². The molecule has 0 N–H and O–H groups in total. The van der Waals surface area contributed by atoms with Gasteiger partial charge in [0.05, 0.1) is 10.7 Å². The summed E-state index contributed by atoms with van der Waals surface area (Å²) in [7, 11) is 0. The summed E-state index contributed by atoms with van der Waals surface area (Å²) in [6.45, 7) is 5.62. The summed E-state index contributed by atoms with van der Waals surface area (Å²) < 4.78 is 12.9. The molecule has 0 aliphatic heterocycles. The van der Waals surface area contributed by atoms with Crippen molar-refractivity contribution in [3.63, 3.8) is 0 Å². The second-order valence-corrected chi connectivity index (χ2v) is 3.76. The van der Waals surface area contributed by atoms with Gasteiger partial charge in [-0.1, -0.05) is 36.7 Å². The number of benzene rings is 1. The highest BCUT2D eigenvalue weighted by molar-refractivity contribution is 6.65. The molecule has 1 nitrogen and oxygen atoms in total. The van der Waals surface area contributed by atoms with E-state index in [4.69, 9.17) is 23.2 Å². The molecule has 1 rings (SSSR count). The van der Waals surface area contributed by atoms with Crippen molar-refractivity contribution in [1.29, 1.82) is 0 Å². The van der Waals surface area contributed by atoms with Crippen molar-refractivity contribution in [2.24, 2.45) is 4.99 Å². The minimum absolute atomic E-state index is 0.0523. The summed E-state index contributed by atoms with van der Waals surface area (Å²) in [4.78, 5) is 4.04. The van der Waals surface area contributed by atoms with Crippen molar-refractivity contribution in [1.82, 2.24) is 0 Å². The molecule has 0 aliphatic rings. The Balaban J connectivity index is 2.97. The van der Waals surface area contributed by atoms with E-state index in [2.05, 4.69) is 11.6 Å². The van der Waals surface area contributed by atoms with Gasteiger partial charge in [0.25, 0.3) is 0 Å². The molecule has 0 saturated heterocycles. The molecule has 1 aromatic carbocycles. The van der Waals surface area contributed by atoms with E-state index in [9.17, 15) is 4.39 Å². The Morgan fingerprint density at radius 3 is 2.73 bits per heavy atom. The fourth-order valence-corrected chi connectivity index (χ4v) is 1.25. The van der Waals surface area contributed by atoms with Crippen LogP contribution in [0.15, 0.2) is 29.8 Å². The van der Waals surface area contributed by atoms with Crippen molar-refractivity contribution in [3.8, 4) is 0 Å². The topological polar surface area (TPSA) is 12.4 Å². The second-order valence-electron chi connectivity index (χ2n) is 2.92. The third kappa shape index (κ3) is 3.33. The van der Waals surface area contributed by atoms with Gasteiger partial charge in [-0.25, -0.2) is 9.38 Å². The van der Waals surface area contributed by atoms with Crippen molar-refractivity contribution in [2.45, 2.75) is 13.3 Å². The predicted octanol–water partition coefficient (Wildman–Crippen LogP) is 4.50. The Kier molecular flexibility index (Phi) is 4.30. The third-order valence-corrected chi connectivity index (χ3v) is 2.44. The Morgan fingerprint density at radius 2 is 2.20 bits per heavy atom. The number of hydrogen-bond donors (Lipinski definition) is 0. The van der Waals surface area contributed by atoms with Gasteiger partial charge in [-0.2, -0.15) is 0 Å². The lowest BCUT2D eigenvalue weighted by molar-refractivity contribution is 0.628. The largest absolute Gasteiger partial charge is 0.241 e. The van der Waals surface area contributed by atoms with Crippen molar-refractivity contribution < 1.29 is 4.39 Å². The fraction of sp³-hybridized carbons (Fsp3) is 0.182. The van der Waals surface area contributed by atoms with Crippen LogP contribution in [-0.2, 0) is 0 Å². The van der Waals surface area contributed by atoms with E-state index in [0.717, 1.165) is 0 Å². The van der Waals surface area contributed by atoms with Crippen LogP contribution in [-0.4, -0.2) is 5.17 Å². The summed E-state index contributed by atoms with van der Waals surface area (Å²) in [5.41, 5.74) is 1.14. The molecular formula is C11H10Cl2FN. The van der Waals surface area contributed by atoms with Gasteiger partial charge in [0.1, 0.15) is 11.0 Å². The average molecular weight is 246 g/mol. The number of halogens is 3. The maximum atomic E-state index is 12.9. The molecule has 0 spiro atoms. The van der Waals surface area contributed by atoms with Crippen LogP contribution < -0.4 is 0 Å². The average Bonchev–Trinajstić information content (AvgIpc) is 2.21. The van der Waals surface area contributed by atoms with Gasteiger partial charge in [0.2, 0.25) is 0 Å². The lowest BCUT2D eigenvalue weighted by Crippen LogP contribution is -1.87. The van der Waals surface area contributed by atoms with Crippen molar-refractivity contribution in [3.05, 3.63) is 41.2 Å². The van der Waals surface area contributed by atoms with Gasteiger partial charge in [0.15, 0.2) is 0 Å². The minimum atomic E-state index is -0.459. The first-order chi connectivity index (χ1) is 7.04. The summed E-state index contributed by atoms with van der Waals surface area (Å²) >= 11 is 11.4. The molecule has 0 radical (unpaired) electrons. The molecule has 0 aromatic heterocycles. The molecule has 0 atom stereocenters. The number of nitrogens with zero attached hydrogens (tertiary/aromatic N) is 1. The van der Waals surface area contributed by atoms with Crippen LogP contribution in [0.2, 0.25) is 5.02 Å². The second kappa shape index (κ2) is 5.29. The highest BCUT2D eigenvalue weighted by Crippen LogP contribution is 2.21. The first kappa shape index (κ1) is 12.2. The maximum Gasteiger partial charge on any atom is 0.141 e. The highest BCUT2D eigenvalue weighted by Gasteiger charge is 2.03. The normalized spacial score (nSPS) is 11.6. The Hall–Kier alpha value is -0.860. The summed E-state index contributed by atoms with van der Waals surface area (Å²) in [5, 5.41) is 0.511. The van der Waals surface area contributed by atoms with E-state index < -0.39 is 5.82 Å². The quantitative estimate of drug-likeness (QED) is 0.696. The van der Waals surface area contributed by atoms with E-state index in [1.54, 1.807) is 6.07 Å². The zero-order valence-electron chi connectivity index (χ0n) is 8.23. The van der Waals surface area contributed by atoms with Crippen molar-refractivity contribution in [2.75, 3.05) is 0 Å². The smallest absolute Gasteiger partial charge is 0.141 e. The van der Waals surface area contributed by atoms with Crippen LogP contribution in [0, 0.1) is 5.82 Å². The number of aliphatic imine (C=N–C) groups is 1. The lowest BCUT2D eigenvalue weighted by Gasteiger charge is -2.02. The van der Waals surface area contributed by atoms with Crippen LogP contribution in [0.3, 0.4) is 0 Å². The standard InChI is InChI=1S/C11H10Cl2FN/c1-3-11(13)15-7(2)8-4-5-10(14)9(12)6-8/h4-6H,2-3H2,1H3. The Labute approximate surface area is 98.2 Å².